The first-order valence-electron chi connectivity index (χ1n) is 33.5. The molecule has 17 rings (SSSR count). The Labute approximate surface area is 579 Å². The fraction of sp³-hybridized carbons (Fsp3) is 0.457. The number of hydrogen-bond donors (Lipinski definition) is 2. The number of methoxy groups -OCH3 is 1. The lowest BCUT2D eigenvalue weighted by Crippen LogP contribution is -2.55. The Hall–Kier alpha value is -8.16. The van der Waals surface area contributed by atoms with Gasteiger partial charge in [0.15, 0.2) is 0 Å². The van der Waals surface area contributed by atoms with Gasteiger partial charge < -0.3 is 34.6 Å². The number of anilines is 5. The number of piperidine rings is 2. The Bertz CT molecular complexity index is 4470. The molecule has 4 fully saturated rings. The van der Waals surface area contributed by atoms with E-state index in [2.05, 4.69) is 138 Å². The van der Waals surface area contributed by atoms with Crippen LogP contribution < -0.4 is 35.1 Å². The van der Waals surface area contributed by atoms with Gasteiger partial charge in [-0.05, 0) is 89.5 Å². The van der Waals surface area contributed by atoms with Gasteiger partial charge in [0.1, 0.15) is 51.6 Å². The third kappa shape index (κ3) is 12.3. The number of ether oxygens (including phenoxy) is 1. The molecule has 11 aliphatic rings. The summed E-state index contributed by atoms with van der Waals surface area (Å²) in [5.74, 6) is 1.35. The summed E-state index contributed by atoms with van der Waals surface area (Å²) >= 11 is 19.1. The van der Waals surface area contributed by atoms with Gasteiger partial charge in [-0.25, -0.2) is 58.1 Å². The second-order valence-corrected chi connectivity index (χ2v) is 30.4. The summed E-state index contributed by atoms with van der Waals surface area (Å²) in [7, 11) is -1.77. The normalized spacial score (nSPS) is 23.9. The highest BCUT2D eigenvalue weighted by molar-refractivity contribution is 7.88. The Balaban J connectivity index is 0.000000119. The largest absolute Gasteiger partial charge is 0.469 e. The van der Waals surface area contributed by atoms with E-state index in [-0.39, 0.29) is 48.0 Å². The molecule has 23 nitrogen and oxygen atoms in total. The zero-order chi connectivity index (χ0) is 67.2. The molecule has 2 N–H and O–H groups in total. The van der Waals surface area contributed by atoms with E-state index in [0.717, 1.165) is 178 Å². The average Bonchev–Trinajstić information content (AvgIpc) is 1.68. The minimum atomic E-state index is -3.22. The monoisotopic (exact) mass is 1390 g/mol. The smallest absolute Gasteiger partial charge is 0.322 e. The van der Waals surface area contributed by atoms with Gasteiger partial charge in [0.2, 0.25) is 10.0 Å². The number of carbonyl (C=O) groups excluding carboxylic acids is 3. The van der Waals surface area contributed by atoms with E-state index < -0.39 is 21.6 Å². The summed E-state index contributed by atoms with van der Waals surface area (Å²) in [6.45, 7) is 11.5. The highest BCUT2D eigenvalue weighted by Crippen LogP contribution is 2.45. The van der Waals surface area contributed by atoms with Crippen molar-refractivity contribution in [1.29, 1.82) is 0 Å². The van der Waals surface area contributed by atoms with Crippen molar-refractivity contribution in [2.24, 2.45) is 5.92 Å². The van der Waals surface area contributed by atoms with Crippen LogP contribution in [0.2, 0.25) is 15.5 Å². The predicted molar refractivity (Wildman–Crippen MR) is 374 cm³/mol. The van der Waals surface area contributed by atoms with Crippen molar-refractivity contribution < 1.29 is 27.5 Å². The maximum absolute atomic E-state index is 12.3. The molecular weight excluding hydrogens is 1310 g/mol. The number of amides is 3. The van der Waals surface area contributed by atoms with Crippen LogP contribution in [0.15, 0.2) is 61.5 Å². The number of sulfonamides is 1. The number of halogens is 3. The standard InChI is InChI=1S/C24H26ClN5O2S.C23H24ClN7O2.C23H26ClN5O2/c1-14-8-21-19(12-29(14)22-11-23(25)28-20-5-3-4-18(20)22)24(27-13-26-21)15-9-16-6-7-17(10-15)30(16)33(2,31)32;1-13-9-17-15(11-31(13)18-10-19(24)27-16-4-2-3-14(16)18)20(26-12-25-17)30-7-5-23(6-8-30)21(32)28-22(33)29-23;1-14-9-19-17(12-29(14)20-10-21(24)27-18-7-3-6-16(18)20)22(26-13-25-19)28-8-4-5-15(11-28)23(30)31-2/h3-4,9,11,13-14,16-17H,5-8,10,12H2,1-2H3;2-3,10,12-13H,4-9,11H2,1H3,(H2,28,29,32,33);3,6,10,13-15H,4-5,7-9,11-12H2,1-2H3/t14-,16+,17-;13-;14-,15-/m111/s1. The second-order valence-electron chi connectivity index (χ2n) is 27.3. The molecule has 6 aromatic rings. The number of rotatable bonds is 8. The van der Waals surface area contributed by atoms with Crippen LogP contribution >= 0.6 is 34.8 Å². The number of aromatic nitrogens is 9. The van der Waals surface area contributed by atoms with Gasteiger partial charge in [-0.2, -0.15) is 4.31 Å². The minimum Gasteiger partial charge on any atom is -0.469 e. The Morgan fingerprint density at radius 1 is 0.608 bits per heavy atom. The topological polar surface area (TPSA) is 254 Å². The lowest BCUT2D eigenvalue weighted by atomic mass is 9.87. The number of nitrogens with one attached hydrogen (secondary N) is 2. The first-order chi connectivity index (χ1) is 46.8. The third-order valence-electron chi connectivity index (χ3n) is 21.3. The lowest BCUT2D eigenvalue weighted by Gasteiger charge is -2.41. The summed E-state index contributed by atoms with van der Waals surface area (Å²) in [4.78, 5) is 89.1. The lowest BCUT2D eigenvalue weighted by molar-refractivity contribution is -0.145. The number of esters is 1. The molecule has 504 valence electrons. The van der Waals surface area contributed by atoms with E-state index >= 15 is 0 Å². The molecule has 0 saturated carbocycles. The number of hydrogen-bond acceptors (Lipinski definition) is 20. The fourth-order valence-corrected chi connectivity index (χ4v) is 18.5. The molecule has 3 amide bonds. The van der Waals surface area contributed by atoms with Gasteiger partial charge in [0, 0.05) is 165 Å². The van der Waals surface area contributed by atoms with Crippen molar-refractivity contribution in [3.05, 3.63) is 150 Å². The number of urea groups is 1. The van der Waals surface area contributed by atoms with Crippen LogP contribution in [-0.4, -0.2) is 151 Å². The van der Waals surface area contributed by atoms with Crippen LogP contribution in [0.25, 0.3) is 23.8 Å². The van der Waals surface area contributed by atoms with Gasteiger partial charge in [0.25, 0.3) is 5.91 Å². The van der Waals surface area contributed by atoms with E-state index in [4.69, 9.17) is 44.5 Å². The number of fused-ring (bicyclic) bond motifs is 8. The van der Waals surface area contributed by atoms with Crippen LogP contribution in [0.4, 0.5) is 33.5 Å². The molecule has 6 atom stereocenters. The third-order valence-corrected chi connectivity index (χ3v) is 23.2. The molecule has 1 spiro atoms. The average molecular weight is 1390 g/mol. The van der Waals surface area contributed by atoms with Gasteiger partial charge in [-0.3, -0.25) is 14.9 Å². The molecule has 0 unspecified atom stereocenters. The first-order valence-corrected chi connectivity index (χ1v) is 36.5. The van der Waals surface area contributed by atoms with Crippen LogP contribution in [0.1, 0.15) is 139 Å². The molecule has 97 heavy (non-hydrogen) atoms. The quantitative estimate of drug-likeness (QED) is 0.0817. The molecule has 6 aromatic heterocycles. The van der Waals surface area contributed by atoms with Crippen molar-refractivity contribution in [2.75, 3.05) is 64.0 Å². The number of imide groups is 1. The summed E-state index contributed by atoms with van der Waals surface area (Å²) < 4.78 is 31.3. The summed E-state index contributed by atoms with van der Waals surface area (Å²) in [6, 6.07) is 6.19. The van der Waals surface area contributed by atoms with Crippen LogP contribution in [0.5, 0.6) is 0 Å². The Kier molecular flexibility index (Phi) is 17.3. The summed E-state index contributed by atoms with van der Waals surface area (Å²) in [5, 5.41) is 6.75. The molecule has 4 saturated heterocycles. The Morgan fingerprint density at radius 3 is 1.57 bits per heavy atom. The zero-order valence-corrected chi connectivity index (χ0v) is 57.9. The molecule has 0 radical (unpaired) electrons. The summed E-state index contributed by atoms with van der Waals surface area (Å²) in [6.07, 6.45) is 31.4. The van der Waals surface area contributed by atoms with E-state index in [1.807, 2.05) is 18.2 Å². The first kappa shape index (κ1) is 64.8. The van der Waals surface area contributed by atoms with Crippen molar-refractivity contribution >= 4 is 115 Å². The molecule has 27 heteroatoms. The van der Waals surface area contributed by atoms with Crippen molar-refractivity contribution in [3.8, 4) is 0 Å². The molecule has 0 aromatic carbocycles. The molecule has 2 bridgehead atoms. The highest BCUT2D eigenvalue weighted by atomic mass is 35.5. The zero-order valence-electron chi connectivity index (χ0n) is 54.8. The second kappa shape index (κ2) is 25.9. The van der Waals surface area contributed by atoms with E-state index in [0.29, 0.717) is 74.0 Å². The van der Waals surface area contributed by atoms with E-state index in [9.17, 15) is 22.8 Å². The fourth-order valence-electron chi connectivity index (χ4n) is 16.5. The van der Waals surface area contributed by atoms with Crippen molar-refractivity contribution in [3.63, 3.8) is 0 Å². The number of carbonyl (C=O) groups is 3. The van der Waals surface area contributed by atoms with Gasteiger partial charge in [0.05, 0.1) is 59.1 Å². The van der Waals surface area contributed by atoms with Crippen LogP contribution in [0, 0.1) is 5.92 Å². The number of allylic oxidation sites excluding steroid dienone is 3. The molecule has 3 aliphatic carbocycles. The van der Waals surface area contributed by atoms with Crippen LogP contribution in [0.3, 0.4) is 0 Å². The predicted octanol–water partition coefficient (Wildman–Crippen LogP) is 9.28. The molecule has 14 heterocycles. The van der Waals surface area contributed by atoms with Crippen molar-refractivity contribution in [2.45, 2.75) is 160 Å². The maximum Gasteiger partial charge on any atom is 0.322 e. The molecular formula is C70H76Cl3N17O6S. The van der Waals surface area contributed by atoms with E-state index in [1.165, 1.54) is 13.4 Å². The van der Waals surface area contributed by atoms with Gasteiger partial charge >= 0.3 is 12.0 Å². The van der Waals surface area contributed by atoms with Crippen molar-refractivity contribution in [1.82, 2.24) is 59.8 Å². The SMILES string of the molecule is COC(=O)[C@@H]1CCCN(c2ncnc3c2CN(c2cc(Cl)nc4c2C=CC4)[C@H](C)C3)C1.C[C@@H]1Cc2ncnc(C3=C[C@@H]4CC[C@H](C3)N4S(C)(=O)=O)c2CN1c1cc(Cl)nc2c1C=CC2.C[C@@H]1Cc2ncnc(N3CCC4(CC3)NC(=O)NC4=O)c2CN1c1cc(Cl)nc2c1C=CC2. The van der Waals surface area contributed by atoms with Crippen LogP contribution in [-0.2, 0) is 82.5 Å². The number of nitrogens with zero attached hydrogens (tertiary/aromatic N) is 15. The van der Waals surface area contributed by atoms with Gasteiger partial charge in [-0.15, -0.1) is 0 Å². The highest BCUT2D eigenvalue weighted by Gasteiger charge is 2.49. The minimum absolute atomic E-state index is 0.0154. The maximum atomic E-state index is 12.3. The summed E-state index contributed by atoms with van der Waals surface area (Å²) in [5.41, 5.74) is 17.7. The van der Waals surface area contributed by atoms with Gasteiger partial charge in [-0.1, -0.05) is 77.3 Å². The Morgan fingerprint density at radius 2 is 1.09 bits per heavy atom. The van der Waals surface area contributed by atoms with E-state index in [1.54, 1.807) is 23.3 Å². The number of pyridine rings is 3. The molecule has 8 aliphatic heterocycles.